The van der Waals surface area contributed by atoms with Crippen LogP contribution in [-0.4, -0.2) is 4.57 Å². The smallest absolute Gasteiger partial charge is 0.0746 e. The molecule has 8 aromatic carbocycles. The summed E-state index contributed by atoms with van der Waals surface area (Å²) in [5.41, 5.74) is 19.7. The summed E-state index contributed by atoms with van der Waals surface area (Å²) in [6, 6.07) is 73.9. The van der Waals surface area contributed by atoms with Crippen molar-refractivity contribution in [1.82, 2.24) is 9.88 Å². The lowest BCUT2D eigenvalue weighted by Crippen LogP contribution is -2.31. The summed E-state index contributed by atoms with van der Waals surface area (Å²) < 4.78 is 2.39. The molecule has 1 aliphatic heterocycles. The minimum Gasteiger partial charge on any atom is -0.374 e. The number of hydrogen-bond acceptors (Lipinski definition) is 1. The van der Waals surface area contributed by atoms with E-state index in [2.05, 4.69) is 216 Å². The predicted octanol–water partition coefficient (Wildman–Crippen LogP) is 12.9. The monoisotopic (exact) mass is 712 g/mol. The van der Waals surface area contributed by atoms with E-state index < -0.39 is 5.41 Å². The number of aromatic nitrogens is 1. The van der Waals surface area contributed by atoms with Crippen LogP contribution in [0.3, 0.4) is 0 Å². The molecule has 56 heavy (non-hydrogen) atoms. The molecule has 0 fully saturated rings. The number of benzene rings is 8. The fraction of sp³-hybridized carbons (Fsp3) is 0.0370. The normalized spacial score (nSPS) is 17.7. The minimum atomic E-state index is -0.507. The summed E-state index contributed by atoms with van der Waals surface area (Å²) in [7, 11) is 0. The van der Waals surface area contributed by atoms with E-state index in [1.165, 1.54) is 94.3 Å². The fourth-order valence-electron chi connectivity index (χ4n) is 10.1. The first-order chi connectivity index (χ1) is 27.8. The van der Waals surface area contributed by atoms with Gasteiger partial charge in [-0.25, -0.2) is 0 Å². The Labute approximate surface area is 326 Å². The van der Waals surface area contributed by atoms with Crippen molar-refractivity contribution < 1.29 is 0 Å². The zero-order chi connectivity index (χ0) is 36.8. The van der Waals surface area contributed by atoms with Gasteiger partial charge in [0.1, 0.15) is 0 Å². The van der Waals surface area contributed by atoms with E-state index in [0.717, 1.165) is 5.69 Å². The van der Waals surface area contributed by atoms with Crippen LogP contribution < -0.4 is 5.32 Å². The van der Waals surface area contributed by atoms with Crippen molar-refractivity contribution in [1.29, 1.82) is 0 Å². The van der Waals surface area contributed by atoms with Crippen LogP contribution in [0.5, 0.6) is 0 Å². The Balaban J connectivity index is 1.07. The summed E-state index contributed by atoms with van der Waals surface area (Å²) in [5, 5.41) is 6.64. The van der Waals surface area contributed by atoms with Crippen LogP contribution in [0.15, 0.2) is 212 Å². The summed E-state index contributed by atoms with van der Waals surface area (Å²) in [5.74, 6) is 0. The van der Waals surface area contributed by atoms with Gasteiger partial charge < -0.3 is 9.88 Å². The Bertz CT molecular complexity index is 3040. The number of fused-ring (bicyclic) bond motifs is 12. The molecule has 2 aliphatic carbocycles. The first kappa shape index (κ1) is 31.2. The highest BCUT2D eigenvalue weighted by atomic mass is 15.0. The van der Waals surface area contributed by atoms with Crippen molar-refractivity contribution >= 4 is 33.1 Å². The van der Waals surface area contributed by atoms with Crippen LogP contribution in [0.2, 0.25) is 0 Å². The molecular formula is C54H36N2. The average molecular weight is 713 g/mol. The highest BCUT2D eigenvalue weighted by Crippen LogP contribution is 2.65. The van der Waals surface area contributed by atoms with E-state index in [0.29, 0.717) is 0 Å². The summed E-state index contributed by atoms with van der Waals surface area (Å²) in [4.78, 5) is 0. The third-order valence-corrected chi connectivity index (χ3v) is 12.5. The number of allylic oxidation sites excluding steroid dienone is 2. The molecule has 12 rings (SSSR count). The first-order valence-electron chi connectivity index (χ1n) is 19.6. The molecule has 1 N–H and O–H groups in total. The molecular weight excluding hydrogens is 677 g/mol. The molecule has 0 saturated carbocycles. The van der Waals surface area contributed by atoms with Crippen molar-refractivity contribution in [2.75, 3.05) is 0 Å². The lowest BCUT2D eigenvalue weighted by Gasteiger charge is -2.36. The highest BCUT2D eigenvalue weighted by molar-refractivity contribution is 6.09. The summed E-state index contributed by atoms with van der Waals surface area (Å²) >= 11 is 0. The largest absolute Gasteiger partial charge is 0.374 e. The van der Waals surface area contributed by atoms with Gasteiger partial charge in [-0.2, -0.15) is 0 Å². The molecule has 0 saturated heterocycles. The third kappa shape index (κ3) is 4.27. The van der Waals surface area contributed by atoms with Crippen LogP contribution in [0.4, 0.5) is 0 Å². The maximum absolute atomic E-state index is 4.09. The lowest BCUT2D eigenvalue weighted by molar-refractivity contribution is 0.740. The number of hydrogen-bond donors (Lipinski definition) is 1. The van der Waals surface area contributed by atoms with E-state index >= 15 is 0 Å². The van der Waals surface area contributed by atoms with Crippen LogP contribution in [0.25, 0.3) is 61.0 Å². The molecule has 1 aromatic heterocycles. The van der Waals surface area contributed by atoms with Gasteiger partial charge in [-0.15, -0.1) is 0 Å². The maximum atomic E-state index is 4.09. The van der Waals surface area contributed by atoms with Crippen molar-refractivity contribution in [3.63, 3.8) is 0 Å². The zero-order valence-corrected chi connectivity index (χ0v) is 30.7. The van der Waals surface area contributed by atoms with Gasteiger partial charge in [0.05, 0.1) is 22.5 Å². The van der Waals surface area contributed by atoms with E-state index in [9.17, 15) is 0 Å². The van der Waals surface area contributed by atoms with Gasteiger partial charge in [0, 0.05) is 33.3 Å². The molecule has 9 aromatic rings. The SMILES string of the molecule is C1=C(c2ccccc2)C2=C(NC1c1ccccc1)c1ccccc1C21c2ccccc2-c2ccc(-c3ccc(-n4c5ccccc5c5ccccc54)cc3)cc21. The van der Waals surface area contributed by atoms with E-state index in [1.807, 2.05) is 0 Å². The fourth-order valence-corrected chi connectivity index (χ4v) is 10.1. The van der Waals surface area contributed by atoms with Crippen molar-refractivity contribution in [2.45, 2.75) is 11.5 Å². The van der Waals surface area contributed by atoms with Crippen LogP contribution in [0.1, 0.15) is 39.4 Å². The molecule has 3 aliphatic rings. The Morgan fingerprint density at radius 2 is 0.982 bits per heavy atom. The van der Waals surface area contributed by atoms with Gasteiger partial charge in [0.25, 0.3) is 0 Å². The van der Waals surface area contributed by atoms with Gasteiger partial charge >= 0.3 is 0 Å². The molecule has 262 valence electrons. The Morgan fingerprint density at radius 3 is 1.70 bits per heavy atom. The molecule has 2 heteroatoms. The van der Waals surface area contributed by atoms with E-state index in [4.69, 9.17) is 0 Å². The van der Waals surface area contributed by atoms with Gasteiger partial charge in [-0.05, 0) is 92.1 Å². The number of para-hydroxylation sites is 2. The molecule has 0 amide bonds. The zero-order valence-electron chi connectivity index (χ0n) is 30.7. The number of nitrogens with zero attached hydrogens (tertiary/aromatic N) is 1. The molecule has 0 bridgehead atoms. The highest BCUT2D eigenvalue weighted by Gasteiger charge is 2.55. The molecule has 1 spiro atoms. The van der Waals surface area contributed by atoms with Gasteiger partial charge in [-0.1, -0.05) is 170 Å². The summed E-state index contributed by atoms with van der Waals surface area (Å²) in [6.45, 7) is 0. The van der Waals surface area contributed by atoms with Gasteiger partial charge in [0.2, 0.25) is 0 Å². The van der Waals surface area contributed by atoms with Crippen molar-refractivity contribution in [2.24, 2.45) is 0 Å². The van der Waals surface area contributed by atoms with Crippen molar-refractivity contribution in [3.8, 4) is 27.9 Å². The Morgan fingerprint density at radius 1 is 0.429 bits per heavy atom. The molecule has 2 nitrogen and oxygen atoms in total. The lowest BCUT2D eigenvalue weighted by atomic mass is 9.66. The van der Waals surface area contributed by atoms with Gasteiger partial charge in [-0.3, -0.25) is 0 Å². The molecule has 0 radical (unpaired) electrons. The first-order valence-corrected chi connectivity index (χ1v) is 19.6. The second kappa shape index (κ2) is 11.9. The third-order valence-electron chi connectivity index (χ3n) is 12.5. The molecule has 2 unspecified atom stereocenters. The minimum absolute atomic E-state index is 0.0314. The van der Waals surface area contributed by atoms with Gasteiger partial charge in [0.15, 0.2) is 0 Å². The van der Waals surface area contributed by atoms with Crippen LogP contribution in [0, 0.1) is 0 Å². The summed E-state index contributed by atoms with van der Waals surface area (Å²) in [6.07, 6.45) is 2.47. The second-order valence-electron chi connectivity index (χ2n) is 15.2. The number of nitrogens with one attached hydrogen (secondary N) is 1. The Kier molecular flexibility index (Phi) is 6.64. The number of dihydropyridines is 1. The quantitative estimate of drug-likeness (QED) is 0.192. The standard InChI is InChI=1S/C54H36N2/c1-3-15-36(16-4-1)45-34-49(37-17-5-2-6-18-37)55-53-44-22-8-12-24-47(44)54(52(45)53)46-23-11-7-19-40(46)41-32-29-38(33-48(41)54)35-27-30-39(31-28-35)56-50-25-13-9-20-42(50)43-21-10-14-26-51(43)56/h1-34,49,55H. The van der Waals surface area contributed by atoms with E-state index in [-0.39, 0.29) is 6.04 Å². The van der Waals surface area contributed by atoms with Crippen LogP contribution >= 0.6 is 0 Å². The topological polar surface area (TPSA) is 17.0 Å². The maximum Gasteiger partial charge on any atom is 0.0746 e. The predicted molar refractivity (Wildman–Crippen MR) is 232 cm³/mol. The van der Waals surface area contributed by atoms with E-state index in [1.54, 1.807) is 0 Å². The molecule has 2 heterocycles. The Hall–Kier alpha value is -7.16. The average Bonchev–Trinajstić information content (AvgIpc) is 3.88. The second-order valence-corrected chi connectivity index (χ2v) is 15.2. The molecule has 2 atom stereocenters. The van der Waals surface area contributed by atoms with Crippen LogP contribution in [-0.2, 0) is 5.41 Å². The van der Waals surface area contributed by atoms with Crippen molar-refractivity contribution in [3.05, 3.63) is 245 Å². The number of rotatable bonds is 4.